The highest BCUT2D eigenvalue weighted by Crippen LogP contribution is 2.31. The predicted molar refractivity (Wildman–Crippen MR) is 135 cm³/mol. The molecule has 4 rings (SSSR count). The van der Waals surface area contributed by atoms with Gasteiger partial charge in [0.25, 0.3) is 5.91 Å². The third-order valence-corrected chi connectivity index (χ3v) is 7.36. The second-order valence-corrected chi connectivity index (χ2v) is 10.1. The van der Waals surface area contributed by atoms with Gasteiger partial charge in [0.1, 0.15) is 6.33 Å². The number of nitrogens with zero attached hydrogens (tertiary/aromatic N) is 4. The standard InChI is InChI=1S/C26H39N7O/c1-6-18(7-2)13-27-20-8-10-21(11-9-20)30-26(34)24-22(16(3)4)23(31-32-24)19-12-17(5)25-28-15-29-33(25)14-19/h12,14-16,18,20-21,27H,6-11,13H2,1-5H3,(H,30,34)(H,31,32)/t20-,21-. The van der Waals surface area contributed by atoms with Crippen LogP contribution in [0.3, 0.4) is 0 Å². The van der Waals surface area contributed by atoms with Gasteiger partial charge in [-0.3, -0.25) is 9.89 Å². The summed E-state index contributed by atoms with van der Waals surface area (Å²) in [6.07, 6.45) is 10.2. The quantitative estimate of drug-likeness (QED) is 0.428. The van der Waals surface area contributed by atoms with E-state index in [9.17, 15) is 4.79 Å². The molecule has 184 valence electrons. The van der Waals surface area contributed by atoms with Gasteiger partial charge in [0, 0.05) is 29.4 Å². The molecule has 0 aromatic carbocycles. The van der Waals surface area contributed by atoms with E-state index in [1.165, 1.54) is 12.8 Å². The topological polar surface area (TPSA) is 100 Å². The van der Waals surface area contributed by atoms with Crippen molar-refractivity contribution in [3.8, 4) is 11.3 Å². The van der Waals surface area contributed by atoms with E-state index in [1.807, 2.05) is 13.1 Å². The van der Waals surface area contributed by atoms with E-state index in [2.05, 4.69) is 64.7 Å². The second kappa shape index (κ2) is 10.7. The minimum atomic E-state index is -0.0850. The third kappa shape index (κ3) is 5.17. The molecule has 0 unspecified atom stereocenters. The van der Waals surface area contributed by atoms with Crippen molar-refractivity contribution in [2.45, 2.75) is 91.1 Å². The van der Waals surface area contributed by atoms with Gasteiger partial charge in [-0.05, 0) is 62.6 Å². The van der Waals surface area contributed by atoms with Crippen LogP contribution in [0.2, 0.25) is 0 Å². The van der Waals surface area contributed by atoms with Crippen LogP contribution in [0.4, 0.5) is 0 Å². The summed E-state index contributed by atoms with van der Waals surface area (Å²) in [7, 11) is 0. The molecule has 3 heterocycles. The molecule has 0 radical (unpaired) electrons. The number of hydrogen-bond acceptors (Lipinski definition) is 5. The van der Waals surface area contributed by atoms with Gasteiger partial charge in [-0.25, -0.2) is 9.50 Å². The van der Waals surface area contributed by atoms with Gasteiger partial charge >= 0.3 is 0 Å². The van der Waals surface area contributed by atoms with Crippen LogP contribution in [-0.2, 0) is 0 Å². The molecule has 3 aromatic rings. The number of aromatic amines is 1. The van der Waals surface area contributed by atoms with Gasteiger partial charge < -0.3 is 10.6 Å². The molecule has 0 spiro atoms. The van der Waals surface area contributed by atoms with Crippen LogP contribution in [0, 0.1) is 12.8 Å². The molecule has 0 aliphatic heterocycles. The number of carbonyl (C=O) groups is 1. The highest BCUT2D eigenvalue weighted by molar-refractivity contribution is 5.96. The highest BCUT2D eigenvalue weighted by atomic mass is 16.2. The molecule has 1 aliphatic rings. The lowest BCUT2D eigenvalue weighted by Crippen LogP contribution is -2.43. The summed E-state index contributed by atoms with van der Waals surface area (Å²) in [5, 5.41) is 18.9. The first-order valence-electron chi connectivity index (χ1n) is 12.8. The fraction of sp³-hybridized carbons (Fsp3) is 0.615. The van der Waals surface area contributed by atoms with Crippen molar-refractivity contribution < 1.29 is 4.79 Å². The summed E-state index contributed by atoms with van der Waals surface area (Å²) in [5.41, 5.74) is 5.12. The number of carbonyl (C=O) groups excluding carboxylic acids is 1. The van der Waals surface area contributed by atoms with Crippen LogP contribution >= 0.6 is 0 Å². The van der Waals surface area contributed by atoms with Gasteiger partial charge in [0.2, 0.25) is 0 Å². The molecule has 8 heteroatoms. The van der Waals surface area contributed by atoms with Crippen molar-refractivity contribution in [3.05, 3.63) is 35.4 Å². The molecule has 3 aromatic heterocycles. The number of aryl methyl sites for hydroxylation is 1. The van der Waals surface area contributed by atoms with Crippen molar-refractivity contribution in [1.29, 1.82) is 0 Å². The van der Waals surface area contributed by atoms with Gasteiger partial charge in [-0.2, -0.15) is 10.2 Å². The number of hydrogen-bond donors (Lipinski definition) is 3. The van der Waals surface area contributed by atoms with Crippen LogP contribution in [-0.4, -0.2) is 49.3 Å². The Bertz CT molecular complexity index is 1100. The van der Waals surface area contributed by atoms with Crippen molar-refractivity contribution in [1.82, 2.24) is 35.4 Å². The first-order chi connectivity index (χ1) is 16.4. The van der Waals surface area contributed by atoms with E-state index >= 15 is 0 Å². The molecule has 34 heavy (non-hydrogen) atoms. The van der Waals surface area contributed by atoms with E-state index < -0.39 is 0 Å². The molecule has 0 bridgehead atoms. The Kier molecular flexibility index (Phi) is 7.66. The number of rotatable bonds is 9. The summed E-state index contributed by atoms with van der Waals surface area (Å²) >= 11 is 0. The lowest BCUT2D eigenvalue weighted by Gasteiger charge is -2.30. The number of fused-ring (bicyclic) bond motifs is 1. The Labute approximate surface area is 202 Å². The Morgan fingerprint density at radius 2 is 1.88 bits per heavy atom. The Hall–Kier alpha value is -2.74. The van der Waals surface area contributed by atoms with Crippen LogP contribution in [0.1, 0.15) is 93.8 Å². The van der Waals surface area contributed by atoms with Crippen LogP contribution in [0.15, 0.2) is 18.6 Å². The summed E-state index contributed by atoms with van der Waals surface area (Å²) < 4.78 is 1.77. The molecule has 1 aliphatic carbocycles. The largest absolute Gasteiger partial charge is 0.348 e. The minimum Gasteiger partial charge on any atom is -0.348 e. The number of nitrogens with one attached hydrogen (secondary N) is 3. The van der Waals surface area contributed by atoms with Gasteiger partial charge in [0.15, 0.2) is 11.3 Å². The average Bonchev–Trinajstić information content (AvgIpc) is 3.48. The molecular weight excluding hydrogens is 426 g/mol. The third-order valence-electron chi connectivity index (χ3n) is 7.36. The summed E-state index contributed by atoms with van der Waals surface area (Å²) in [5.74, 6) is 0.819. The monoisotopic (exact) mass is 465 g/mol. The van der Waals surface area contributed by atoms with Crippen molar-refractivity contribution >= 4 is 11.6 Å². The SMILES string of the molecule is CCC(CC)CN[C@H]1CC[C@H](NC(=O)c2n[nH]c(-c3cc(C)c4ncnn4c3)c2C(C)C)CC1. The zero-order valence-corrected chi connectivity index (χ0v) is 21.2. The lowest BCUT2D eigenvalue weighted by atomic mass is 9.90. The first-order valence-corrected chi connectivity index (χ1v) is 12.8. The number of H-pyrrole nitrogens is 1. The zero-order valence-electron chi connectivity index (χ0n) is 21.2. The minimum absolute atomic E-state index is 0.0850. The summed E-state index contributed by atoms with van der Waals surface area (Å²) in [4.78, 5) is 17.6. The van der Waals surface area contributed by atoms with E-state index in [0.29, 0.717) is 11.7 Å². The smallest absolute Gasteiger partial charge is 0.272 e. The maximum absolute atomic E-state index is 13.3. The fourth-order valence-electron chi connectivity index (χ4n) is 5.14. The van der Waals surface area contributed by atoms with Crippen molar-refractivity contribution in [2.24, 2.45) is 5.92 Å². The van der Waals surface area contributed by atoms with E-state index in [1.54, 1.807) is 10.8 Å². The Morgan fingerprint density at radius 3 is 2.56 bits per heavy atom. The highest BCUT2D eigenvalue weighted by Gasteiger charge is 2.27. The number of amides is 1. The molecule has 0 saturated heterocycles. The van der Waals surface area contributed by atoms with E-state index in [-0.39, 0.29) is 17.9 Å². The van der Waals surface area contributed by atoms with Gasteiger partial charge in [-0.1, -0.05) is 40.5 Å². The van der Waals surface area contributed by atoms with E-state index in [4.69, 9.17) is 0 Å². The maximum Gasteiger partial charge on any atom is 0.272 e. The summed E-state index contributed by atoms with van der Waals surface area (Å²) in [6.45, 7) is 11.8. The maximum atomic E-state index is 13.3. The summed E-state index contributed by atoms with van der Waals surface area (Å²) in [6, 6.07) is 2.83. The van der Waals surface area contributed by atoms with Crippen molar-refractivity contribution in [2.75, 3.05) is 6.54 Å². The molecule has 1 fully saturated rings. The predicted octanol–water partition coefficient (Wildman–Crippen LogP) is 4.62. The zero-order chi connectivity index (χ0) is 24.2. The van der Waals surface area contributed by atoms with E-state index in [0.717, 1.165) is 66.2 Å². The average molecular weight is 466 g/mol. The van der Waals surface area contributed by atoms with Crippen LogP contribution in [0.5, 0.6) is 0 Å². The normalized spacial score (nSPS) is 18.8. The first kappa shape index (κ1) is 24.4. The fourth-order valence-corrected chi connectivity index (χ4v) is 5.14. The molecule has 0 atom stereocenters. The van der Waals surface area contributed by atoms with Crippen LogP contribution < -0.4 is 10.6 Å². The number of pyridine rings is 1. The molecular formula is C26H39N7O. The second-order valence-electron chi connectivity index (χ2n) is 10.1. The number of aromatic nitrogens is 5. The van der Waals surface area contributed by atoms with Gasteiger partial charge in [0.05, 0.1) is 5.69 Å². The molecule has 1 amide bonds. The Morgan fingerprint density at radius 1 is 1.18 bits per heavy atom. The van der Waals surface area contributed by atoms with Crippen LogP contribution in [0.25, 0.3) is 16.9 Å². The Balaban J connectivity index is 1.43. The van der Waals surface area contributed by atoms with Crippen molar-refractivity contribution in [3.63, 3.8) is 0 Å². The molecule has 8 nitrogen and oxygen atoms in total. The van der Waals surface area contributed by atoms with Gasteiger partial charge in [-0.15, -0.1) is 0 Å². The molecule has 1 saturated carbocycles. The molecule has 3 N–H and O–H groups in total. The lowest BCUT2D eigenvalue weighted by molar-refractivity contribution is 0.0917.